The lowest BCUT2D eigenvalue weighted by Gasteiger charge is -1.94. The molecule has 0 bridgehead atoms. The van der Waals surface area contributed by atoms with Gasteiger partial charge in [0, 0.05) is 36.4 Å². The Morgan fingerprint density at radius 2 is 2.28 bits per heavy atom. The number of hydrogen-bond donors (Lipinski definition) is 0. The fourth-order valence-electron chi connectivity index (χ4n) is 2.21. The quantitative estimate of drug-likeness (QED) is 0.720. The number of fused-ring (bicyclic) bond motifs is 1. The Labute approximate surface area is 104 Å². The first-order chi connectivity index (χ1) is 8.63. The molecule has 1 aliphatic rings. The van der Waals surface area contributed by atoms with Crippen LogP contribution in [0.1, 0.15) is 21.5 Å². The number of aryl methyl sites for hydroxylation is 1. The van der Waals surface area contributed by atoms with Gasteiger partial charge >= 0.3 is 0 Å². The van der Waals surface area contributed by atoms with Crippen LogP contribution in [0.25, 0.3) is 6.08 Å². The van der Waals surface area contributed by atoms with Crippen LogP contribution in [0.15, 0.2) is 36.2 Å². The number of carbonyl (C=O) groups excluding carboxylic acids is 1. The van der Waals surface area contributed by atoms with Crippen molar-refractivity contribution in [2.24, 2.45) is 7.05 Å². The molecule has 1 aliphatic carbocycles. The summed E-state index contributed by atoms with van der Waals surface area (Å²) in [6, 6.07) is 4.37. The zero-order valence-corrected chi connectivity index (χ0v) is 9.85. The number of benzene rings is 1. The molecule has 2 aromatic rings. The third-order valence-corrected chi connectivity index (χ3v) is 3.05. The van der Waals surface area contributed by atoms with Gasteiger partial charge in [-0.25, -0.2) is 4.39 Å². The molecule has 0 atom stereocenters. The smallest absolute Gasteiger partial charge is 0.189 e. The molecule has 0 spiro atoms. The van der Waals surface area contributed by atoms with Gasteiger partial charge in [-0.05, 0) is 23.8 Å². The van der Waals surface area contributed by atoms with Gasteiger partial charge in [-0.3, -0.25) is 9.48 Å². The van der Waals surface area contributed by atoms with Crippen LogP contribution in [0.3, 0.4) is 0 Å². The van der Waals surface area contributed by atoms with Crippen LogP contribution in [0.2, 0.25) is 0 Å². The molecule has 0 unspecified atom stereocenters. The van der Waals surface area contributed by atoms with Gasteiger partial charge in [-0.1, -0.05) is 6.07 Å². The van der Waals surface area contributed by atoms with E-state index in [0.717, 1.165) is 11.1 Å². The van der Waals surface area contributed by atoms with Gasteiger partial charge in [0.15, 0.2) is 5.78 Å². The van der Waals surface area contributed by atoms with Crippen LogP contribution < -0.4 is 0 Å². The molecule has 0 saturated carbocycles. The summed E-state index contributed by atoms with van der Waals surface area (Å²) < 4.78 is 14.8. The van der Waals surface area contributed by atoms with E-state index in [1.807, 2.05) is 19.3 Å². The highest BCUT2D eigenvalue weighted by molar-refractivity contribution is 6.15. The second kappa shape index (κ2) is 3.91. The van der Waals surface area contributed by atoms with E-state index < -0.39 is 0 Å². The van der Waals surface area contributed by atoms with E-state index in [0.29, 0.717) is 17.6 Å². The Morgan fingerprint density at radius 1 is 1.44 bits per heavy atom. The van der Waals surface area contributed by atoms with Crippen molar-refractivity contribution in [1.82, 2.24) is 9.78 Å². The van der Waals surface area contributed by atoms with Crippen molar-refractivity contribution in [3.05, 3.63) is 58.7 Å². The predicted octanol–water partition coefficient (Wildman–Crippen LogP) is 2.38. The number of ketones is 1. The first-order valence-corrected chi connectivity index (χ1v) is 5.66. The zero-order chi connectivity index (χ0) is 12.7. The van der Waals surface area contributed by atoms with Gasteiger partial charge in [0.25, 0.3) is 0 Å². The van der Waals surface area contributed by atoms with Crippen LogP contribution in [-0.4, -0.2) is 15.6 Å². The van der Waals surface area contributed by atoms with E-state index >= 15 is 0 Å². The van der Waals surface area contributed by atoms with Crippen molar-refractivity contribution in [1.29, 1.82) is 0 Å². The van der Waals surface area contributed by atoms with Gasteiger partial charge in [-0.15, -0.1) is 0 Å². The number of Topliss-reactive ketones (excluding diaryl/α,β-unsaturated/α-hetero) is 1. The molecule has 0 saturated heterocycles. The molecular weight excluding hydrogens is 231 g/mol. The lowest BCUT2D eigenvalue weighted by molar-refractivity contribution is 0.104. The SMILES string of the molecule is Cn1cc(/C=C2/Cc3ccc(F)cc3C2=O)cn1. The molecule has 0 radical (unpaired) electrons. The van der Waals surface area contributed by atoms with Crippen molar-refractivity contribution >= 4 is 11.9 Å². The minimum absolute atomic E-state index is 0.0895. The summed E-state index contributed by atoms with van der Waals surface area (Å²) in [6.45, 7) is 0. The lowest BCUT2D eigenvalue weighted by Crippen LogP contribution is -1.95. The van der Waals surface area contributed by atoms with Crippen LogP contribution in [0.4, 0.5) is 4.39 Å². The number of rotatable bonds is 1. The van der Waals surface area contributed by atoms with E-state index in [9.17, 15) is 9.18 Å². The summed E-state index contributed by atoms with van der Waals surface area (Å²) in [5.41, 5.74) is 2.93. The highest BCUT2D eigenvalue weighted by Crippen LogP contribution is 2.28. The summed E-state index contributed by atoms with van der Waals surface area (Å²) in [7, 11) is 1.82. The van der Waals surface area contributed by atoms with Crippen molar-refractivity contribution in [2.45, 2.75) is 6.42 Å². The minimum Gasteiger partial charge on any atom is -0.289 e. The standard InChI is InChI=1S/C14H11FN2O/c1-17-8-9(7-16-17)4-11-5-10-2-3-12(15)6-13(10)14(11)18/h2-4,6-8H,5H2,1H3/b11-4-. The summed E-state index contributed by atoms with van der Waals surface area (Å²) in [5, 5.41) is 4.05. The number of carbonyl (C=O) groups is 1. The first-order valence-electron chi connectivity index (χ1n) is 5.66. The van der Waals surface area contributed by atoms with Gasteiger partial charge in [-0.2, -0.15) is 5.10 Å². The lowest BCUT2D eigenvalue weighted by atomic mass is 10.1. The topological polar surface area (TPSA) is 34.9 Å². The predicted molar refractivity (Wildman–Crippen MR) is 65.6 cm³/mol. The van der Waals surface area contributed by atoms with E-state index in [1.54, 1.807) is 16.9 Å². The maximum atomic E-state index is 13.1. The minimum atomic E-state index is -0.371. The molecule has 0 N–H and O–H groups in total. The highest BCUT2D eigenvalue weighted by atomic mass is 19.1. The zero-order valence-electron chi connectivity index (χ0n) is 9.85. The summed E-state index contributed by atoms with van der Waals surface area (Å²) >= 11 is 0. The maximum absolute atomic E-state index is 13.1. The van der Waals surface area contributed by atoms with E-state index in [4.69, 9.17) is 0 Å². The number of hydrogen-bond acceptors (Lipinski definition) is 2. The number of aromatic nitrogens is 2. The fraction of sp³-hybridized carbons (Fsp3) is 0.143. The average molecular weight is 242 g/mol. The summed E-state index contributed by atoms with van der Waals surface area (Å²) in [5.74, 6) is -0.460. The normalized spacial score (nSPS) is 16.3. The van der Waals surface area contributed by atoms with E-state index in [1.165, 1.54) is 12.1 Å². The van der Waals surface area contributed by atoms with E-state index in [2.05, 4.69) is 5.10 Å². The molecule has 0 fully saturated rings. The third kappa shape index (κ3) is 1.76. The van der Waals surface area contributed by atoms with Crippen molar-refractivity contribution < 1.29 is 9.18 Å². The Morgan fingerprint density at radius 3 is 3.00 bits per heavy atom. The van der Waals surface area contributed by atoms with Crippen molar-refractivity contribution in [3.8, 4) is 0 Å². The molecule has 0 aliphatic heterocycles. The van der Waals surface area contributed by atoms with Crippen LogP contribution in [0.5, 0.6) is 0 Å². The molecule has 18 heavy (non-hydrogen) atoms. The Balaban J connectivity index is 1.99. The summed E-state index contributed by atoms with van der Waals surface area (Å²) in [4.78, 5) is 12.1. The monoisotopic (exact) mass is 242 g/mol. The van der Waals surface area contributed by atoms with Crippen LogP contribution in [0, 0.1) is 5.82 Å². The Hall–Kier alpha value is -2.23. The van der Waals surface area contributed by atoms with Gasteiger partial charge in [0.05, 0.1) is 6.20 Å². The molecular formula is C14H11FN2O. The van der Waals surface area contributed by atoms with E-state index in [-0.39, 0.29) is 11.6 Å². The third-order valence-electron chi connectivity index (χ3n) is 3.05. The molecule has 4 heteroatoms. The second-order valence-electron chi connectivity index (χ2n) is 4.42. The molecule has 90 valence electrons. The van der Waals surface area contributed by atoms with Gasteiger partial charge in [0.1, 0.15) is 5.82 Å². The molecule has 1 heterocycles. The maximum Gasteiger partial charge on any atom is 0.189 e. The fourth-order valence-corrected chi connectivity index (χ4v) is 2.21. The molecule has 0 amide bonds. The molecule has 1 aromatic heterocycles. The number of nitrogens with zero attached hydrogens (tertiary/aromatic N) is 2. The van der Waals surface area contributed by atoms with Gasteiger partial charge < -0.3 is 0 Å². The Bertz CT molecular complexity index is 670. The van der Waals surface area contributed by atoms with Crippen LogP contribution in [-0.2, 0) is 13.5 Å². The van der Waals surface area contributed by atoms with Crippen LogP contribution >= 0.6 is 0 Å². The number of allylic oxidation sites excluding steroid dienone is 1. The molecule has 1 aromatic carbocycles. The second-order valence-corrected chi connectivity index (χ2v) is 4.42. The average Bonchev–Trinajstić information content (AvgIpc) is 2.86. The largest absolute Gasteiger partial charge is 0.289 e. The molecule has 3 rings (SSSR count). The van der Waals surface area contributed by atoms with Crippen molar-refractivity contribution in [3.63, 3.8) is 0 Å². The summed E-state index contributed by atoms with van der Waals surface area (Å²) in [6.07, 6.45) is 5.91. The van der Waals surface area contributed by atoms with Crippen molar-refractivity contribution in [2.75, 3.05) is 0 Å². The Kier molecular flexibility index (Phi) is 2.37. The highest BCUT2D eigenvalue weighted by Gasteiger charge is 2.25. The molecule has 3 nitrogen and oxygen atoms in total. The van der Waals surface area contributed by atoms with Gasteiger partial charge in [0.2, 0.25) is 0 Å². The first kappa shape index (κ1) is 10.9. The number of halogens is 1.